The number of sulfonamides is 1. The van der Waals surface area contributed by atoms with Gasteiger partial charge in [-0.15, -0.1) is 0 Å². The van der Waals surface area contributed by atoms with Gasteiger partial charge >= 0.3 is 0 Å². The summed E-state index contributed by atoms with van der Waals surface area (Å²) in [4.78, 5) is 26.1. The van der Waals surface area contributed by atoms with Gasteiger partial charge in [-0.3, -0.25) is 14.5 Å². The number of carbonyl (C=O) groups excluding carboxylic acids is 2. The number of amides is 2. The Morgan fingerprint density at radius 3 is 2.12 bits per heavy atom. The second-order valence-electron chi connectivity index (χ2n) is 7.86. The molecular formula is C24H34N4O4S. The minimum absolute atomic E-state index is 0.0151. The first-order chi connectivity index (χ1) is 15.7. The maximum Gasteiger partial charge on any atom is 0.241 e. The molecule has 3 N–H and O–H groups in total. The number of rotatable bonds is 12. The van der Waals surface area contributed by atoms with Gasteiger partial charge in [0.2, 0.25) is 21.8 Å². The zero-order chi connectivity index (χ0) is 24.4. The predicted octanol–water partition coefficient (Wildman–Crippen LogP) is 2.38. The molecule has 1 unspecified atom stereocenters. The normalized spacial score (nSPS) is 13.4. The quantitative estimate of drug-likeness (QED) is 0.438. The van der Waals surface area contributed by atoms with E-state index in [0.717, 1.165) is 19.5 Å². The van der Waals surface area contributed by atoms with Crippen LogP contribution in [-0.4, -0.2) is 56.9 Å². The summed E-state index contributed by atoms with van der Waals surface area (Å²) in [6.07, 6.45) is 0.781. The van der Waals surface area contributed by atoms with Crippen LogP contribution in [-0.2, 0) is 26.0 Å². The fourth-order valence-corrected chi connectivity index (χ4v) is 4.81. The molecule has 0 aliphatic rings. The van der Waals surface area contributed by atoms with Crippen LogP contribution in [0.5, 0.6) is 0 Å². The number of nitrogens with zero attached hydrogens (tertiary/aromatic N) is 1. The van der Waals surface area contributed by atoms with Gasteiger partial charge in [-0.05, 0) is 56.3 Å². The van der Waals surface area contributed by atoms with Gasteiger partial charge in [0.15, 0.2) is 0 Å². The number of anilines is 1. The van der Waals surface area contributed by atoms with Crippen LogP contribution in [0.2, 0.25) is 0 Å². The second kappa shape index (κ2) is 12.5. The Morgan fingerprint density at radius 2 is 1.58 bits per heavy atom. The molecule has 0 radical (unpaired) electrons. The van der Waals surface area contributed by atoms with Crippen LogP contribution in [0.1, 0.15) is 33.3 Å². The third-order valence-corrected chi connectivity index (χ3v) is 6.92. The highest BCUT2D eigenvalue weighted by Crippen LogP contribution is 2.14. The molecule has 2 atom stereocenters. The van der Waals surface area contributed by atoms with E-state index in [4.69, 9.17) is 0 Å². The Balaban J connectivity index is 2.00. The van der Waals surface area contributed by atoms with Crippen molar-refractivity contribution >= 4 is 27.5 Å². The molecule has 0 aromatic heterocycles. The summed E-state index contributed by atoms with van der Waals surface area (Å²) in [7, 11) is -3.90. The lowest BCUT2D eigenvalue weighted by Crippen LogP contribution is -2.50. The number of benzene rings is 2. The van der Waals surface area contributed by atoms with Gasteiger partial charge in [-0.1, -0.05) is 44.2 Å². The van der Waals surface area contributed by atoms with Gasteiger partial charge in [-0.2, -0.15) is 4.72 Å². The van der Waals surface area contributed by atoms with E-state index in [0.29, 0.717) is 12.2 Å². The maximum absolute atomic E-state index is 12.7. The van der Waals surface area contributed by atoms with E-state index in [-0.39, 0.29) is 16.8 Å². The van der Waals surface area contributed by atoms with Crippen LogP contribution >= 0.6 is 0 Å². The lowest BCUT2D eigenvalue weighted by molar-refractivity contribution is -0.122. The lowest BCUT2D eigenvalue weighted by atomic mass is 10.0. The van der Waals surface area contributed by atoms with Crippen LogP contribution in [0.25, 0.3) is 0 Å². The molecule has 8 nitrogen and oxygen atoms in total. The number of hydrogen-bond acceptors (Lipinski definition) is 5. The van der Waals surface area contributed by atoms with Crippen molar-refractivity contribution in [2.45, 2.75) is 51.1 Å². The molecule has 0 fully saturated rings. The van der Waals surface area contributed by atoms with E-state index in [1.54, 1.807) is 0 Å². The smallest absolute Gasteiger partial charge is 0.241 e. The minimum Gasteiger partial charge on any atom is -0.353 e. The molecule has 0 saturated heterocycles. The Labute approximate surface area is 196 Å². The van der Waals surface area contributed by atoms with E-state index < -0.39 is 22.0 Å². The summed E-state index contributed by atoms with van der Waals surface area (Å²) in [5.74, 6) is -0.636. The highest BCUT2D eigenvalue weighted by atomic mass is 32.2. The van der Waals surface area contributed by atoms with Crippen molar-refractivity contribution in [2.24, 2.45) is 0 Å². The number of hydrogen-bond donors (Lipinski definition) is 3. The van der Waals surface area contributed by atoms with Crippen molar-refractivity contribution < 1.29 is 18.0 Å². The van der Waals surface area contributed by atoms with E-state index in [9.17, 15) is 18.0 Å². The van der Waals surface area contributed by atoms with Crippen molar-refractivity contribution in [3.8, 4) is 0 Å². The van der Waals surface area contributed by atoms with Crippen LogP contribution in [0.15, 0.2) is 59.5 Å². The molecule has 180 valence electrons. The van der Waals surface area contributed by atoms with Gasteiger partial charge in [0.25, 0.3) is 0 Å². The Hall–Kier alpha value is -2.75. The number of nitrogens with one attached hydrogen (secondary N) is 3. The molecule has 2 aromatic carbocycles. The third-order valence-electron chi connectivity index (χ3n) is 5.37. The Bertz CT molecular complexity index is 1010. The fourth-order valence-electron chi connectivity index (χ4n) is 3.60. The van der Waals surface area contributed by atoms with Crippen molar-refractivity contribution in [1.82, 2.24) is 14.9 Å². The molecule has 0 aliphatic carbocycles. The number of likely N-dealkylation sites (N-methyl/N-ethyl adjacent to an activating group) is 1. The lowest BCUT2D eigenvalue weighted by Gasteiger charge is -2.30. The van der Waals surface area contributed by atoms with Crippen molar-refractivity contribution in [3.63, 3.8) is 0 Å². The topological polar surface area (TPSA) is 108 Å². The fraction of sp³-hybridized carbons (Fsp3) is 0.417. The zero-order valence-electron chi connectivity index (χ0n) is 19.7. The molecule has 9 heteroatoms. The minimum atomic E-state index is -3.90. The second-order valence-corrected chi connectivity index (χ2v) is 9.57. The standard InChI is InChI=1S/C24H34N4O4S/c1-5-28(6-2)22(16-20-10-8-7-9-11-20)17-25-24(30)18(3)27-33(31,32)23-14-12-21(13-15-23)26-19(4)29/h7-15,18,22,27H,5-6,16-17H2,1-4H3,(H,25,30)(H,26,29)/t18-,22?/m0/s1. The Morgan fingerprint density at radius 1 is 0.970 bits per heavy atom. The van der Waals surface area contributed by atoms with Gasteiger partial charge in [-0.25, -0.2) is 8.42 Å². The van der Waals surface area contributed by atoms with Gasteiger partial charge in [0, 0.05) is 25.2 Å². The summed E-state index contributed by atoms with van der Waals surface area (Å²) in [6, 6.07) is 15.0. The molecule has 33 heavy (non-hydrogen) atoms. The molecule has 0 aliphatic heterocycles. The summed E-state index contributed by atoms with van der Waals surface area (Å²) >= 11 is 0. The van der Waals surface area contributed by atoms with E-state index in [1.165, 1.54) is 43.7 Å². The first-order valence-electron chi connectivity index (χ1n) is 11.1. The summed E-state index contributed by atoms with van der Waals surface area (Å²) in [5.41, 5.74) is 1.67. The maximum atomic E-state index is 12.7. The molecule has 0 spiro atoms. The molecule has 2 rings (SSSR count). The highest BCUT2D eigenvalue weighted by Gasteiger charge is 2.24. The summed E-state index contributed by atoms with van der Waals surface area (Å²) in [6.45, 7) is 9.15. The first-order valence-corrected chi connectivity index (χ1v) is 12.6. The van der Waals surface area contributed by atoms with Crippen LogP contribution < -0.4 is 15.4 Å². The highest BCUT2D eigenvalue weighted by molar-refractivity contribution is 7.89. The van der Waals surface area contributed by atoms with E-state index in [1.807, 2.05) is 18.2 Å². The average molecular weight is 475 g/mol. The molecular weight excluding hydrogens is 440 g/mol. The molecule has 2 amide bonds. The third kappa shape index (κ3) is 8.27. The molecule has 2 aromatic rings. The largest absolute Gasteiger partial charge is 0.353 e. The molecule has 0 saturated carbocycles. The summed E-state index contributed by atoms with van der Waals surface area (Å²) in [5, 5.41) is 5.49. The van der Waals surface area contributed by atoms with Gasteiger partial charge in [0.1, 0.15) is 0 Å². The predicted molar refractivity (Wildman–Crippen MR) is 130 cm³/mol. The Kier molecular flexibility index (Phi) is 10.0. The van der Waals surface area contributed by atoms with E-state index >= 15 is 0 Å². The van der Waals surface area contributed by atoms with Crippen LogP contribution in [0, 0.1) is 0 Å². The van der Waals surface area contributed by atoms with E-state index in [2.05, 4.69) is 46.2 Å². The zero-order valence-corrected chi connectivity index (χ0v) is 20.5. The van der Waals surface area contributed by atoms with Crippen molar-refractivity contribution in [1.29, 1.82) is 0 Å². The van der Waals surface area contributed by atoms with Crippen molar-refractivity contribution in [2.75, 3.05) is 25.0 Å². The van der Waals surface area contributed by atoms with Gasteiger partial charge < -0.3 is 10.6 Å². The van der Waals surface area contributed by atoms with Gasteiger partial charge in [0.05, 0.1) is 10.9 Å². The molecule has 0 bridgehead atoms. The van der Waals surface area contributed by atoms with Crippen LogP contribution in [0.3, 0.4) is 0 Å². The average Bonchev–Trinajstić information content (AvgIpc) is 2.78. The van der Waals surface area contributed by atoms with Crippen LogP contribution in [0.4, 0.5) is 5.69 Å². The number of carbonyl (C=O) groups is 2. The SMILES string of the molecule is CCN(CC)C(CNC(=O)[C@H](C)NS(=O)(=O)c1ccc(NC(C)=O)cc1)Cc1ccccc1. The molecule has 0 heterocycles. The first kappa shape index (κ1) is 26.5. The summed E-state index contributed by atoms with van der Waals surface area (Å²) < 4.78 is 27.8. The van der Waals surface area contributed by atoms with Crippen molar-refractivity contribution in [3.05, 3.63) is 60.2 Å². The monoisotopic (exact) mass is 474 g/mol.